The number of nitrogens with zero attached hydrogens (tertiary/aromatic N) is 1. The fourth-order valence-corrected chi connectivity index (χ4v) is 4.86. The molecular formula is C22H23NO3S. The third-order valence-corrected chi connectivity index (χ3v) is 6.42. The molecule has 0 radical (unpaired) electrons. The fraction of sp³-hybridized carbons (Fsp3) is 0.318. The smallest absolute Gasteiger partial charge is 0.250 e. The molecule has 0 N–H and O–H groups in total. The van der Waals surface area contributed by atoms with Crippen LogP contribution in [0, 0.1) is 0 Å². The lowest BCUT2D eigenvalue weighted by molar-refractivity contribution is -0.0948. The molecule has 27 heavy (non-hydrogen) atoms. The van der Waals surface area contributed by atoms with Crippen molar-refractivity contribution in [2.24, 2.45) is 7.05 Å². The molecule has 4 nitrogen and oxygen atoms in total. The van der Waals surface area contributed by atoms with Crippen LogP contribution in [-0.4, -0.2) is 24.9 Å². The van der Waals surface area contributed by atoms with Gasteiger partial charge in [0.25, 0.3) is 5.56 Å². The number of benzene rings is 2. The summed E-state index contributed by atoms with van der Waals surface area (Å²) in [5.41, 5.74) is 1.88. The number of ether oxygens (including phenoxy) is 2. The molecule has 1 aliphatic heterocycles. The van der Waals surface area contributed by atoms with Gasteiger partial charge in [0.15, 0.2) is 0 Å². The van der Waals surface area contributed by atoms with E-state index in [0.717, 1.165) is 46.7 Å². The van der Waals surface area contributed by atoms with Crippen molar-refractivity contribution >= 4 is 22.7 Å². The number of rotatable bonds is 4. The quantitative estimate of drug-likeness (QED) is 0.674. The van der Waals surface area contributed by atoms with Crippen molar-refractivity contribution in [1.82, 2.24) is 4.57 Å². The molecule has 0 amide bonds. The van der Waals surface area contributed by atoms with Crippen LogP contribution >= 0.6 is 11.8 Å². The minimum Gasteiger partial charge on any atom is -0.381 e. The molecule has 0 atom stereocenters. The van der Waals surface area contributed by atoms with E-state index in [0.29, 0.717) is 0 Å². The van der Waals surface area contributed by atoms with Gasteiger partial charge in [0.1, 0.15) is 0 Å². The second-order valence-electron chi connectivity index (χ2n) is 6.87. The third kappa shape index (κ3) is 3.43. The Kier molecular flexibility index (Phi) is 5.08. The fourth-order valence-electron chi connectivity index (χ4n) is 3.78. The standard InChI is InChI=1S/C22H23NO3S/c1-23-20(24)10-9-16-5-3-8-19(21(16)23)27-18-7-4-6-17(15-18)22(25-2)11-13-26-14-12-22/h3-10,15H,11-14H2,1-2H3. The average Bonchev–Trinajstić information content (AvgIpc) is 2.71. The summed E-state index contributed by atoms with van der Waals surface area (Å²) < 4.78 is 13.2. The van der Waals surface area contributed by atoms with E-state index >= 15 is 0 Å². The third-order valence-electron chi connectivity index (χ3n) is 5.38. The minimum absolute atomic E-state index is 0.00448. The Morgan fingerprint density at radius 1 is 1.07 bits per heavy atom. The molecule has 0 unspecified atom stereocenters. The number of fused-ring (bicyclic) bond motifs is 1. The summed E-state index contributed by atoms with van der Waals surface area (Å²) in [7, 11) is 3.61. The van der Waals surface area contributed by atoms with Crippen LogP contribution in [0.5, 0.6) is 0 Å². The Labute approximate surface area is 163 Å². The first kappa shape index (κ1) is 18.3. The second-order valence-corrected chi connectivity index (χ2v) is 7.98. The Hall–Kier alpha value is -2.08. The number of aryl methyl sites for hydroxylation is 1. The van der Waals surface area contributed by atoms with Gasteiger partial charge >= 0.3 is 0 Å². The Morgan fingerprint density at radius 3 is 2.63 bits per heavy atom. The summed E-state index contributed by atoms with van der Waals surface area (Å²) in [6.45, 7) is 1.44. The highest BCUT2D eigenvalue weighted by Crippen LogP contribution is 2.39. The molecule has 2 aromatic carbocycles. The Bertz CT molecular complexity index is 1020. The van der Waals surface area contributed by atoms with Crippen molar-refractivity contribution in [2.75, 3.05) is 20.3 Å². The van der Waals surface area contributed by atoms with Gasteiger partial charge in [0.2, 0.25) is 0 Å². The number of methoxy groups -OCH3 is 1. The predicted molar refractivity (Wildman–Crippen MR) is 108 cm³/mol. The molecule has 5 heteroatoms. The number of aromatic nitrogens is 1. The Balaban J connectivity index is 1.73. The molecule has 0 aliphatic carbocycles. The van der Waals surface area contributed by atoms with Gasteiger partial charge in [-0.1, -0.05) is 36.0 Å². The van der Waals surface area contributed by atoms with Crippen LogP contribution < -0.4 is 5.56 Å². The monoisotopic (exact) mass is 381 g/mol. The molecule has 140 valence electrons. The highest BCUT2D eigenvalue weighted by molar-refractivity contribution is 7.99. The largest absolute Gasteiger partial charge is 0.381 e. The molecule has 0 spiro atoms. The molecular weight excluding hydrogens is 358 g/mol. The van der Waals surface area contributed by atoms with E-state index in [9.17, 15) is 4.79 Å². The summed E-state index contributed by atoms with van der Waals surface area (Å²) in [6, 6.07) is 18.2. The number of hydrogen-bond acceptors (Lipinski definition) is 4. The van der Waals surface area contributed by atoms with Crippen LogP contribution in [0.3, 0.4) is 0 Å². The van der Waals surface area contributed by atoms with Crippen LogP contribution in [-0.2, 0) is 22.1 Å². The average molecular weight is 381 g/mol. The van der Waals surface area contributed by atoms with Crippen molar-refractivity contribution in [3.63, 3.8) is 0 Å². The summed E-state index contributed by atoms with van der Waals surface area (Å²) in [6.07, 6.45) is 1.72. The van der Waals surface area contributed by atoms with Gasteiger partial charge in [0.05, 0.1) is 11.1 Å². The van der Waals surface area contributed by atoms with Crippen molar-refractivity contribution in [1.29, 1.82) is 0 Å². The molecule has 4 rings (SSSR count). The maximum atomic E-state index is 12.1. The first-order valence-corrected chi connectivity index (χ1v) is 9.95. The lowest BCUT2D eigenvalue weighted by Crippen LogP contribution is -2.35. The topological polar surface area (TPSA) is 40.5 Å². The van der Waals surface area contributed by atoms with Gasteiger partial charge in [-0.05, 0) is 35.2 Å². The van der Waals surface area contributed by atoms with E-state index in [1.165, 1.54) is 5.56 Å². The van der Waals surface area contributed by atoms with Crippen molar-refractivity contribution in [3.8, 4) is 0 Å². The van der Waals surface area contributed by atoms with Crippen LogP contribution in [0.25, 0.3) is 10.9 Å². The molecule has 1 aliphatic rings. The molecule has 0 saturated carbocycles. The van der Waals surface area contributed by atoms with E-state index in [4.69, 9.17) is 9.47 Å². The van der Waals surface area contributed by atoms with Crippen LogP contribution in [0.1, 0.15) is 18.4 Å². The zero-order valence-corrected chi connectivity index (χ0v) is 16.4. The van der Waals surface area contributed by atoms with E-state index in [-0.39, 0.29) is 11.2 Å². The van der Waals surface area contributed by atoms with E-state index in [2.05, 4.69) is 30.3 Å². The Morgan fingerprint density at radius 2 is 1.85 bits per heavy atom. The lowest BCUT2D eigenvalue weighted by atomic mass is 9.86. The zero-order chi connectivity index (χ0) is 18.9. The SMILES string of the molecule is COC1(c2cccc(Sc3cccc4ccc(=O)n(C)c34)c2)CCOCC1. The van der Waals surface area contributed by atoms with Crippen molar-refractivity contribution in [3.05, 3.63) is 70.5 Å². The van der Waals surface area contributed by atoms with Crippen molar-refractivity contribution < 1.29 is 9.47 Å². The van der Waals surface area contributed by atoms with Gasteiger partial charge in [0, 0.05) is 56.1 Å². The summed E-state index contributed by atoms with van der Waals surface area (Å²) in [5, 5.41) is 1.07. The van der Waals surface area contributed by atoms with Gasteiger partial charge in [-0.2, -0.15) is 0 Å². The molecule has 2 heterocycles. The van der Waals surface area contributed by atoms with Gasteiger partial charge in [-0.3, -0.25) is 4.79 Å². The second kappa shape index (κ2) is 7.50. The maximum Gasteiger partial charge on any atom is 0.250 e. The highest BCUT2D eigenvalue weighted by atomic mass is 32.2. The first-order valence-electron chi connectivity index (χ1n) is 9.13. The van der Waals surface area contributed by atoms with E-state index in [1.807, 2.05) is 25.2 Å². The van der Waals surface area contributed by atoms with E-state index < -0.39 is 0 Å². The van der Waals surface area contributed by atoms with Gasteiger partial charge in [-0.25, -0.2) is 0 Å². The summed E-state index contributed by atoms with van der Waals surface area (Å²) in [4.78, 5) is 14.3. The van der Waals surface area contributed by atoms with Gasteiger partial charge < -0.3 is 14.0 Å². The molecule has 3 aromatic rings. The highest BCUT2D eigenvalue weighted by Gasteiger charge is 2.34. The normalized spacial score (nSPS) is 16.5. The molecule has 1 fully saturated rings. The minimum atomic E-state index is -0.277. The predicted octanol–water partition coefficient (Wildman–Crippen LogP) is 4.34. The number of para-hydroxylation sites is 1. The van der Waals surface area contributed by atoms with Crippen LogP contribution in [0.4, 0.5) is 0 Å². The summed E-state index contributed by atoms with van der Waals surface area (Å²) in [5.74, 6) is 0. The number of pyridine rings is 1. The summed E-state index contributed by atoms with van der Waals surface area (Å²) >= 11 is 1.68. The van der Waals surface area contributed by atoms with Crippen LogP contribution in [0.2, 0.25) is 0 Å². The van der Waals surface area contributed by atoms with Crippen LogP contribution in [0.15, 0.2) is 69.2 Å². The first-order chi connectivity index (χ1) is 13.1. The van der Waals surface area contributed by atoms with Gasteiger partial charge in [-0.15, -0.1) is 0 Å². The zero-order valence-electron chi connectivity index (χ0n) is 15.6. The number of hydrogen-bond donors (Lipinski definition) is 0. The maximum absolute atomic E-state index is 12.1. The molecule has 1 aromatic heterocycles. The van der Waals surface area contributed by atoms with Crippen molar-refractivity contribution in [2.45, 2.75) is 28.2 Å². The molecule has 0 bridgehead atoms. The lowest BCUT2D eigenvalue weighted by Gasteiger charge is -2.36. The van der Waals surface area contributed by atoms with E-state index in [1.54, 1.807) is 29.5 Å². The molecule has 1 saturated heterocycles.